The minimum absolute atomic E-state index is 0.0446. The van der Waals surface area contributed by atoms with Crippen molar-refractivity contribution in [2.75, 3.05) is 6.54 Å². The fraction of sp³-hybridized carbons (Fsp3) is 0.240. The highest BCUT2D eigenvalue weighted by atomic mass is 16.4. The Kier molecular flexibility index (Phi) is 3.75. The van der Waals surface area contributed by atoms with Crippen LogP contribution in [0.4, 0.5) is 0 Å². The van der Waals surface area contributed by atoms with Crippen LogP contribution in [0.2, 0.25) is 0 Å². The van der Waals surface area contributed by atoms with Crippen LogP contribution in [0.15, 0.2) is 48.5 Å². The van der Waals surface area contributed by atoms with Crippen LogP contribution in [-0.4, -0.2) is 40.4 Å². The van der Waals surface area contributed by atoms with Gasteiger partial charge < -0.3 is 15.3 Å². The SMILES string of the molecule is O=C(O)CNC(=O)[C@@H]1Cc2cc3ccc4cccc5ccc(c2[C@H]2CCC(=O)N21)c3c45. The largest absolute Gasteiger partial charge is 0.480 e. The van der Waals surface area contributed by atoms with E-state index in [-0.39, 0.29) is 11.9 Å². The number of fused-ring (bicyclic) bond motifs is 4. The summed E-state index contributed by atoms with van der Waals surface area (Å²) < 4.78 is 0. The summed E-state index contributed by atoms with van der Waals surface area (Å²) in [5.41, 5.74) is 2.20. The molecule has 2 heterocycles. The van der Waals surface area contributed by atoms with Crippen molar-refractivity contribution in [3.05, 3.63) is 59.7 Å². The van der Waals surface area contributed by atoms with Crippen LogP contribution in [0.3, 0.4) is 0 Å². The van der Waals surface area contributed by atoms with Gasteiger partial charge in [0.2, 0.25) is 11.8 Å². The number of carbonyl (C=O) groups excluding carboxylic acids is 2. The van der Waals surface area contributed by atoms with Crippen LogP contribution in [0.25, 0.3) is 32.3 Å². The molecule has 31 heavy (non-hydrogen) atoms. The number of nitrogens with zero attached hydrogens (tertiary/aromatic N) is 1. The molecule has 6 nitrogen and oxygen atoms in total. The van der Waals surface area contributed by atoms with Gasteiger partial charge in [0.15, 0.2) is 0 Å². The first-order valence-electron chi connectivity index (χ1n) is 10.5. The van der Waals surface area contributed by atoms with E-state index in [4.69, 9.17) is 5.11 Å². The lowest BCUT2D eigenvalue weighted by atomic mass is 9.81. The van der Waals surface area contributed by atoms with E-state index in [9.17, 15) is 14.4 Å². The van der Waals surface area contributed by atoms with Crippen molar-refractivity contribution in [2.24, 2.45) is 0 Å². The van der Waals surface area contributed by atoms with Crippen molar-refractivity contribution >= 4 is 50.1 Å². The highest BCUT2D eigenvalue weighted by molar-refractivity contribution is 6.24. The van der Waals surface area contributed by atoms with Crippen molar-refractivity contribution in [1.29, 1.82) is 0 Å². The molecule has 2 aliphatic heterocycles. The number of amides is 2. The van der Waals surface area contributed by atoms with E-state index in [1.54, 1.807) is 4.90 Å². The summed E-state index contributed by atoms with van der Waals surface area (Å²) in [6.45, 7) is -0.449. The minimum Gasteiger partial charge on any atom is -0.480 e. The molecule has 6 heteroatoms. The Morgan fingerprint density at radius 1 is 1.03 bits per heavy atom. The van der Waals surface area contributed by atoms with Crippen molar-refractivity contribution in [3.63, 3.8) is 0 Å². The number of carboxylic acids is 1. The van der Waals surface area contributed by atoms with Gasteiger partial charge in [-0.05, 0) is 49.9 Å². The molecule has 0 aromatic heterocycles. The van der Waals surface area contributed by atoms with E-state index in [2.05, 4.69) is 53.8 Å². The van der Waals surface area contributed by atoms with Crippen LogP contribution in [0.1, 0.15) is 30.0 Å². The summed E-state index contributed by atoms with van der Waals surface area (Å²) >= 11 is 0. The van der Waals surface area contributed by atoms with Gasteiger partial charge in [-0.3, -0.25) is 14.4 Å². The van der Waals surface area contributed by atoms with Crippen LogP contribution >= 0.6 is 0 Å². The van der Waals surface area contributed by atoms with Crippen LogP contribution in [-0.2, 0) is 20.8 Å². The third-order valence-corrected chi connectivity index (χ3v) is 6.83. The Balaban J connectivity index is 1.57. The van der Waals surface area contributed by atoms with Crippen LogP contribution in [0.5, 0.6) is 0 Å². The summed E-state index contributed by atoms with van der Waals surface area (Å²) in [4.78, 5) is 38.2. The first-order chi connectivity index (χ1) is 15.0. The zero-order valence-electron chi connectivity index (χ0n) is 16.7. The number of aliphatic carboxylic acids is 1. The van der Waals surface area contributed by atoms with Crippen molar-refractivity contribution in [2.45, 2.75) is 31.3 Å². The number of carbonyl (C=O) groups is 3. The maximum absolute atomic E-state index is 12.8. The molecule has 1 fully saturated rings. The van der Waals surface area contributed by atoms with E-state index < -0.39 is 24.5 Å². The van der Waals surface area contributed by atoms with E-state index in [1.807, 2.05) is 0 Å². The van der Waals surface area contributed by atoms with Gasteiger partial charge in [-0.2, -0.15) is 0 Å². The predicted octanol–water partition coefficient (Wildman–Crippen LogP) is 3.37. The molecule has 0 radical (unpaired) electrons. The highest BCUT2D eigenvalue weighted by Gasteiger charge is 2.45. The molecule has 0 unspecified atom stereocenters. The Morgan fingerprint density at radius 3 is 2.55 bits per heavy atom. The number of rotatable bonds is 3. The maximum Gasteiger partial charge on any atom is 0.322 e. The molecule has 0 aliphatic carbocycles. The van der Waals surface area contributed by atoms with Gasteiger partial charge in [0, 0.05) is 12.8 Å². The summed E-state index contributed by atoms with van der Waals surface area (Å²) in [6, 6.07) is 16.1. The fourth-order valence-corrected chi connectivity index (χ4v) is 5.64. The molecular formula is C25H20N2O4. The highest BCUT2D eigenvalue weighted by Crippen LogP contribution is 2.47. The number of hydrogen-bond donors (Lipinski definition) is 2. The van der Waals surface area contributed by atoms with Crippen molar-refractivity contribution < 1.29 is 19.5 Å². The maximum atomic E-state index is 12.8. The molecule has 2 aliphatic rings. The number of nitrogens with one attached hydrogen (secondary N) is 1. The van der Waals surface area contributed by atoms with Crippen LogP contribution < -0.4 is 5.32 Å². The Morgan fingerprint density at radius 2 is 1.77 bits per heavy atom. The molecule has 0 spiro atoms. The lowest BCUT2D eigenvalue weighted by Gasteiger charge is -2.39. The topological polar surface area (TPSA) is 86.7 Å². The van der Waals surface area contributed by atoms with E-state index in [0.29, 0.717) is 19.3 Å². The third kappa shape index (κ3) is 2.54. The van der Waals surface area contributed by atoms with Crippen LogP contribution in [0, 0.1) is 0 Å². The lowest BCUT2D eigenvalue weighted by molar-refractivity contribution is -0.142. The van der Waals surface area contributed by atoms with E-state index in [0.717, 1.165) is 21.9 Å². The van der Waals surface area contributed by atoms with E-state index >= 15 is 0 Å². The van der Waals surface area contributed by atoms with Gasteiger partial charge >= 0.3 is 5.97 Å². The second-order valence-corrected chi connectivity index (χ2v) is 8.49. The third-order valence-electron chi connectivity index (χ3n) is 6.83. The Hall–Kier alpha value is -3.67. The van der Waals surface area contributed by atoms with Gasteiger partial charge in [0.05, 0.1) is 6.04 Å². The standard InChI is InChI=1S/C25H20N2O4/c28-20-9-8-18-23-16(11-19(27(18)20)25(31)26-12-21(29)30)10-15-5-4-13-2-1-3-14-6-7-17(23)24(15)22(13)14/h1-7,10,18-19H,8-9,11-12H2,(H,26,31)(H,29,30)/t18-,19+/m1/s1. The number of carboxylic acid groups (broad SMARTS) is 1. The first kappa shape index (κ1) is 18.1. The summed E-state index contributed by atoms with van der Waals surface area (Å²) in [5.74, 6) is -1.55. The van der Waals surface area contributed by atoms with Gasteiger partial charge in [0.25, 0.3) is 0 Å². The second kappa shape index (κ2) is 6.41. The summed E-state index contributed by atoms with van der Waals surface area (Å²) in [5, 5.41) is 18.5. The fourth-order valence-electron chi connectivity index (χ4n) is 5.64. The van der Waals surface area contributed by atoms with Gasteiger partial charge in [-0.1, -0.05) is 48.5 Å². The molecule has 2 atom stereocenters. The van der Waals surface area contributed by atoms with Crippen molar-refractivity contribution in [1.82, 2.24) is 10.2 Å². The normalized spacial score (nSPS) is 20.4. The monoisotopic (exact) mass is 412 g/mol. The molecule has 0 saturated carbocycles. The molecule has 1 saturated heterocycles. The number of hydrogen-bond acceptors (Lipinski definition) is 3. The molecule has 4 aromatic carbocycles. The quantitative estimate of drug-likeness (QED) is 0.505. The average molecular weight is 412 g/mol. The zero-order valence-corrected chi connectivity index (χ0v) is 16.7. The summed E-state index contributed by atoms with van der Waals surface area (Å²) in [7, 11) is 0. The van der Waals surface area contributed by atoms with Crippen molar-refractivity contribution in [3.8, 4) is 0 Å². The second-order valence-electron chi connectivity index (χ2n) is 8.49. The zero-order chi connectivity index (χ0) is 21.3. The Labute approximate surface area is 177 Å². The predicted molar refractivity (Wildman–Crippen MR) is 117 cm³/mol. The first-order valence-corrected chi connectivity index (χ1v) is 10.5. The van der Waals surface area contributed by atoms with Gasteiger partial charge in [0.1, 0.15) is 12.6 Å². The molecule has 2 amide bonds. The molecule has 6 rings (SSSR count). The minimum atomic E-state index is -1.10. The smallest absolute Gasteiger partial charge is 0.322 e. The summed E-state index contributed by atoms with van der Waals surface area (Å²) in [6.07, 6.45) is 1.45. The Bertz CT molecular complexity index is 1390. The molecule has 2 N–H and O–H groups in total. The number of benzene rings is 4. The molecule has 154 valence electrons. The molecular weight excluding hydrogens is 392 g/mol. The average Bonchev–Trinajstić information content (AvgIpc) is 3.16. The van der Waals surface area contributed by atoms with E-state index in [1.165, 1.54) is 21.5 Å². The lowest BCUT2D eigenvalue weighted by Crippen LogP contribution is -2.52. The van der Waals surface area contributed by atoms with Gasteiger partial charge in [-0.15, -0.1) is 0 Å². The molecule has 4 aromatic rings. The van der Waals surface area contributed by atoms with Gasteiger partial charge in [-0.25, -0.2) is 0 Å². The molecule has 0 bridgehead atoms.